The van der Waals surface area contributed by atoms with Gasteiger partial charge < -0.3 is 9.84 Å². The van der Waals surface area contributed by atoms with E-state index in [2.05, 4.69) is 11.6 Å². The van der Waals surface area contributed by atoms with Crippen molar-refractivity contribution in [3.05, 3.63) is 36.2 Å². The average molecular weight is 207 g/mol. The van der Waals surface area contributed by atoms with Gasteiger partial charge in [0.1, 0.15) is 5.75 Å². The van der Waals surface area contributed by atoms with Crippen LogP contribution in [0.4, 0.5) is 0 Å². The van der Waals surface area contributed by atoms with Gasteiger partial charge in [-0.25, -0.2) is 0 Å². The van der Waals surface area contributed by atoms with Crippen molar-refractivity contribution in [1.82, 2.24) is 4.98 Å². The number of aryl methyl sites for hydroxylation is 1. The van der Waals surface area contributed by atoms with E-state index >= 15 is 0 Å². The highest BCUT2D eigenvalue weighted by atomic mass is 16.5. The molecule has 1 rings (SSSR count). The third-order valence-corrected chi connectivity index (χ3v) is 2.06. The first kappa shape index (κ1) is 11.7. The predicted octanol–water partition coefficient (Wildman–Crippen LogP) is 2.23. The molecule has 0 aliphatic heterocycles. The van der Waals surface area contributed by atoms with E-state index in [9.17, 15) is 0 Å². The van der Waals surface area contributed by atoms with Crippen LogP contribution in [0.3, 0.4) is 0 Å². The second-order valence-corrected chi connectivity index (χ2v) is 3.37. The van der Waals surface area contributed by atoms with Gasteiger partial charge in [0, 0.05) is 23.5 Å². The summed E-state index contributed by atoms with van der Waals surface area (Å²) in [5, 5.41) is 9.08. The molecular weight excluding hydrogens is 190 g/mol. The van der Waals surface area contributed by atoms with Crippen LogP contribution >= 0.6 is 0 Å². The van der Waals surface area contributed by atoms with Crippen molar-refractivity contribution in [3.63, 3.8) is 0 Å². The molecule has 3 nitrogen and oxygen atoms in total. The molecule has 82 valence electrons. The van der Waals surface area contributed by atoms with Crippen LogP contribution in [-0.2, 0) is 6.61 Å². The number of aliphatic hydroxyl groups excluding tert-OH is 1. The van der Waals surface area contributed by atoms with Crippen LogP contribution in [0.2, 0.25) is 0 Å². The molecule has 0 unspecified atom stereocenters. The lowest BCUT2D eigenvalue weighted by Crippen LogP contribution is -2.01. The van der Waals surface area contributed by atoms with Gasteiger partial charge in [-0.2, -0.15) is 0 Å². The van der Waals surface area contributed by atoms with Crippen LogP contribution in [-0.4, -0.2) is 16.7 Å². The first-order valence-corrected chi connectivity index (χ1v) is 5.08. The van der Waals surface area contributed by atoms with E-state index in [1.807, 2.05) is 19.1 Å². The Labute approximate surface area is 90.4 Å². The number of hydrogen-bond acceptors (Lipinski definition) is 3. The highest BCUT2D eigenvalue weighted by Gasteiger charge is 2.03. The Morgan fingerprint density at radius 2 is 2.40 bits per heavy atom. The molecule has 0 aliphatic carbocycles. The largest absolute Gasteiger partial charge is 0.493 e. The normalized spacial score (nSPS) is 10.0. The third-order valence-electron chi connectivity index (χ3n) is 2.06. The molecule has 3 heteroatoms. The van der Waals surface area contributed by atoms with Gasteiger partial charge in [-0.1, -0.05) is 6.08 Å². The Kier molecular flexibility index (Phi) is 4.84. The number of rotatable bonds is 6. The van der Waals surface area contributed by atoms with Gasteiger partial charge in [0.2, 0.25) is 0 Å². The van der Waals surface area contributed by atoms with E-state index in [-0.39, 0.29) is 6.61 Å². The predicted molar refractivity (Wildman–Crippen MR) is 59.8 cm³/mol. The van der Waals surface area contributed by atoms with E-state index in [0.29, 0.717) is 6.61 Å². The van der Waals surface area contributed by atoms with E-state index in [4.69, 9.17) is 9.84 Å². The number of unbranched alkanes of at least 4 members (excludes halogenated alkanes) is 1. The maximum atomic E-state index is 9.08. The number of hydrogen-bond donors (Lipinski definition) is 1. The van der Waals surface area contributed by atoms with Crippen molar-refractivity contribution in [2.45, 2.75) is 26.4 Å². The summed E-state index contributed by atoms with van der Waals surface area (Å²) in [6.45, 7) is 6.15. The summed E-state index contributed by atoms with van der Waals surface area (Å²) in [4.78, 5) is 4.10. The molecule has 0 saturated heterocycles. The van der Waals surface area contributed by atoms with Crippen molar-refractivity contribution in [3.8, 4) is 5.75 Å². The molecule has 1 aromatic heterocycles. The molecule has 0 fully saturated rings. The minimum atomic E-state index is -0.0376. The molecule has 0 radical (unpaired) electrons. The van der Waals surface area contributed by atoms with Gasteiger partial charge >= 0.3 is 0 Å². The minimum Gasteiger partial charge on any atom is -0.493 e. The van der Waals surface area contributed by atoms with Gasteiger partial charge in [-0.05, 0) is 19.8 Å². The molecule has 0 atom stereocenters. The van der Waals surface area contributed by atoms with Crippen LogP contribution in [0.25, 0.3) is 0 Å². The molecular formula is C12H17NO2. The zero-order valence-electron chi connectivity index (χ0n) is 9.07. The van der Waals surface area contributed by atoms with E-state index in [0.717, 1.165) is 29.8 Å². The maximum Gasteiger partial charge on any atom is 0.128 e. The molecule has 0 spiro atoms. The summed E-state index contributed by atoms with van der Waals surface area (Å²) >= 11 is 0. The van der Waals surface area contributed by atoms with Crippen LogP contribution in [0.5, 0.6) is 5.75 Å². The van der Waals surface area contributed by atoms with Crippen molar-refractivity contribution in [2.75, 3.05) is 6.61 Å². The second-order valence-electron chi connectivity index (χ2n) is 3.37. The molecule has 0 aliphatic rings. The van der Waals surface area contributed by atoms with Crippen LogP contribution in [0, 0.1) is 6.92 Å². The zero-order valence-corrected chi connectivity index (χ0v) is 9.07. The SMILES string of the molecule is C=CCCCOc1cc(C)ncc1CO. The van der Waals surface area contributed by atoms with Crippen LogP contribution < -0.4 is 4.74 Å². The quantitative estimate of drug-likeness (QED) is 0.574. The average Bonchev–Trinajstić information content (AvgIpc) is 2.25. The molecule has 1 heterocycles. The van der Waals surface area contributed by atoms with Crippen molar-refractivity contribution in [1.29, 1.82) is 0 Å². The molecule has 0 amide bonds. The van der Waals surface area contributed by atoms with Crippen molar-refractivity contribution < 1.29 is 9.84 Å². The van der Waals surface area contributed by atoms with Gasteiger partial charge in [0.05, 0.1) is 13.2 Å². The molecule has 0 bridgehead atoms. The summed E-state index contributed by atoms with van der Waals surface area (Å²) in [6, 6.07) is 1.85. The van der Waals surface area contributed by atoms with Gasteiger partial charge in [0.15, 0.2) is 0 Å². The first-order valence-electron chi connectivity index (χ1n) is 5.08. The summed E-state index contributed by atoms with van der Waals surface area (Å²) in [5.74, 6) is 0.731. The van der Waals surface area contributed by atoms with E-state index < -0.39 is 0 Å². The molecule has 15 heavy (non-hydrogen) atoms. The second kappa shape index (κ2) is 6.19. The topological polar surface area (TPSA) is 42.4 Å². The number of aromatic nitrogens is 1. The molecule has 0 aromatic carbocycles. The summed E-state index contributed by atoms with van der Waals surface area (Å²) in [5.41, 5.74) is 1.63. The highest BCUT2D eigenvalue weighted by molar-refractivity contribution is 5.32. The minimum absolute atomic E-state index is 0.0376. The fourth-order valence-electron chi connectivity index (χ4n) is 1.23. The smallest absolute Gasteiger partial charge is 0.128 e. The Morgan fingerprint density at radius 1 is 1.60 bits per heavy atom. The molecule has 1 N–H and O–H groups in total. The van der Waals surface area contributed by atoms with Crippen LogP contribution in [0.1, 0.15) is 24.1 Å². The standard InChI is InChI=1S/C12H17NO2/c1-3-4-5-6-15-12-7-10(2)13-8-11(12)9-14/h3,7-8,14H,1,4-6,9H2,2H3. The van der Waals surface area contributed by atoms with E-state index in [1.165, 1.54) is 0 Å². The monoisotopic (exact) mass is 207 g/mol. The van der Waals surface area contributed by atoms with Gasteiger partial charge in [-0.3, -0.25) is 4.98 Å². The number of aliphatic hydroxyl groups is 1. The van der Waals surface area contributed by atoms with Crippen molar-refractivity contribution in [2.24, 2.45) is 0 Å². The lowest BCUT2D eigenvalue weighted by molar-refractivity contribution is 0.261. The van der Waals surface area contributed by atoms with Crippen molar-refractivity contribution >= 4 is 0 Å². The number of allylic oxidation sites excluding steroid dienone is 1. The Morgan fingerprint density at radius 3 is 3.07 bits per heavy atom. The summed E-state index contributed by atoms with van der Waals surface area (Å²) < 4.78 is 5.56. The Bertz CT molecular complexity index is 323. The highest BCUT2D eigenvalue weighted by Crippen LogP contribution is 2.18. The maximum absolute atomic E-state index is 9.08. The zero-order chi connectivity index (χ0) is 11.1. The number of pyridine rings is 1. The number of ether oxygens (including phenoxy) is 1. The lowest BCUT2D eigenvalue weighted by Gasteiger charge is -2.09. The lowest BCUT2D eigenvalue weighted by atomic mass is 10.2. The van der Waals surface area contributed by atoms with Gasteiger partial charge in [0.25, 0.3) is 0 Å². The fraction of sp³-hybridized carbons (Fsp3) is 0.417. The van der Waals surface area contributed by atoms with Crippen LogP contribution in [0.15, 0.2) is 24.9 Å². The fourth-order valence-corrected chi connectivity index (χ4v) is 1.23. The summed E-state index contributed by atoms with van der Waals surface area (Å²) in [6.07, 6.45) is 5.40. The summed E-state index contributed by atoms with van der Waals surface area (Å²) in [7, 11) is 0. The molecule has 0 saturated carbocycles. The third kappa shape index (κ3) is 3.72. The number of nitrogens with zero attached hydrogens (tertiary/aromatic N) is 1. The van der Waals surface area contributed by atoms with Gasteiger partial charge in [-0.15, -0.1) is 6.58 Å². The first-order chi connectivity index (χ1) is 7.27. The van der Waals surface area contributed by atoms with E-state index in [1.54, 1.807) is 6.20 Å². The Hall–Kier alpha value is -1.35. The molecule has 1 aromatic rings. The Balaban J connectivity index is 2.57.